The molecule has 1 aromatic carbocycles. The third kappa shape index (κ3) is 3.34. The number of hydrogen-bond acceptors (Lipinski definition) is 6. The van der Waals surface area contributed by atoms with Crippen LogP contribution in [0.1, 0.15) is 12.5 Å². The minimum Gasteiger partial charge on any atom is -0.506 e. The van der Waals surface area contributed by atoms with E-state index in [0.717, 1.165) is 0 Å². The number of nitro groups is 1. The van der Waals surface area contributed by atoms with Gasteiger partial charge in [0.1, 0.15) is 22.2 Å². The lowest BCUT2D eigenvalue weighted by atomic mass is 10.1. The molecule has 1 rings (SSSR count). The van der Waals surface area contributed by atoms with Crippen molar-refractivity contribution in [2.24, 2.45) is 0 Å². The van der Waals surface area contributed by atoms with Crippen molar-refractivity contribution in [1.29, 1.82) is 5.41 Å². The molecule has 0 aromatic heterocycles. The van der Waals surface area contributed by atoms with Gasteiger partial charge in [-0.05, 0) is 13.0 Å². The fourth-order valence-corrected chi connectivity index (χ4v) is 2.07. The van der Waals surface area contributed by atoms with E-state index in [1.807, 2.05) is 0 Å². The molecule has 1 aromatic rings. The third-order valence-electron chi connectivity index (χ3n) is 2.47. The molecule has 0 fully saturated rings. The van der Waals surface area contributed by atoms with Crippen LogP contribution in [0.2, 0.25) is 10.0 Å². The van der Waals surface area contributed by atoms with E-state index in [0.29, 0.717) is 12.3 Å². The SMILES string of the molecule is CCOC(=O)/C(C=N)=C(/O)c1cc(F)c(Cl)c([N+](=O)[O-])c1Cl. The summed E-state index contributed by atoms with van der Waals surface area (Å²) in [5.41, 5.74) is -2.15. The number of aliphatic hydroxyl groups excluding tert-OH is 1. The molecular weight excluding hydrogens is 342 g/mol. The van der Waals surface area contributed by atoms with Crippen molar-refractivity contribution < 1.29 is 24.0 Å². The molecule has 10 heteroatoms. The van der Waals surface area contributed by atoms with Crippen molar-refractivity contribution in [3.8, 4) is 0 Å². The Labute approximate surface area is 133 Å². The average Bonchev–Trinajstić information content (AvgIpc) is 2.43. The number of esters is 1. The number of hydrogen-bond donors (Lipinski definition) is 2. The Morgan fingerprint density at radius 2 is 2.14 bits per heavy atom. The van der Waals surface area contributed by atoms with Crippen LogP contribution in [0.3, 0.4) is 0 Å². The van der Waals surface area contributed by atoms with E-state index in [2.05, 4.69) is 4.74 Å². The molecule has 0 heterocycles. The van der Waals surface area contributed by atoms with E-state index in [9.17, 15) is 24.4 Å². The van der Waals surface area contributed by atoms with Gasteiger partial charge in [-0.2, -0.15) is 0 Å². The van der Waals surface area contributed by atoms with Gasteiger partial charge in [0.25, 0.3) is 0 Å². The molecule has 0 aliphatic heterocycles. The number of halogens is 3. The van der Waals surface area contributed by atoms with Crippen molar-refractivity contribution in [3.05, 3.63) is 43.2 Å². The van der Waals surface area contributed by atoms with E-state index >= 15 is 0 Å². The lowest BCUT2D eigenvalue weighted by Gasteiger charge is -2.09. The molecule has 0 spiro atoms. The second-order valence-electron chi connectivity index (χ2n) is 3.77. The lowest BCUT2D eigenvalue weighted by molar-refractivity contribution is -0.384. The molecule has 118 valence electrons. The fraction of sp³-hybridized carbons (Fsp3) is 0.167. The van der Waals surface area contributed by atoms with Gasteiger partial charge >= 0.3 is 11.7 Å². The number of carbonyl (C=O) groups is 1. The predicted octanol–water partition coefficient (Wildman–Crippen LogP) is 3.52. The molecule has 7 nitrogen and oxygen atoms in total. The van der Waals surface area contributed by atoms with E-state index < -0.39 is 49.3 Å². The molecule has 0 aliphatic rings. The molecule has 0 amide bonds. The van der Waals surface area contributed by atoms with Gasteiger partial charge in [0, 0.05) is 11.8 Å². The van der Waals surface area contributed by atoms with Gasteiger partial charge in [-0.1, -0.05) is 23.2 Å². The number of nitro benzene ring substituents is 1. The highest BCUT2D eigenvalue weighted by molar-refractivity contribution is 6.39. The first kappa shape index (κ1) is 17.9. The standard InChI is InChI=1S/C12H9Cl2FN2O5/c1-2-22-12(19)6(4-16)11(18)5-3-7(15)9(14)10(8(5)13)17(20)21/h3-4,16,18H,2H2,1H3/b11-6+,16-4?. The first-order valence-electron chi connectivity index (χ1n) is 5.69. The highest BCUT2D eigenvalue weighted by atomic mass is 35.5. The van der Waals surface area contributed by atoms with Crippen LogP contribution in [0.5, 0.6) is 0 Å². The Hall–Kier alpha value is -2.19. The quantitative estimate of drug-likeness (QED) is 0.160. The number of rotatable bonds is 5. The van der Waals surface area contributed by atoms with Crippen molar-refractivity contribution >= 4 is 46.8 Å². The minimum atomic E-state index is -1.22. The normalized spacial score (nSPS) is 11.6. The number of benzene rings is 1. The number of nitrogens with zero attached hydrogens (tertiary/aromatic N) is 1. The maximum absolute atomic E-state index is 13.7. The zero-order valence-electron chi connectivity index (χ0n) is 11.0. The number of ether oxygens (including phenoxy) is 1. The first-order chi connectivity index (χ1) is 10.3. The summed E-state index contributed by atoms with van der Waals surface area (Å²) >= 11 is 11.2. The summed E-state index contributed by atoms with van der Waals surface area (Å²) in [5, 5.41) is 26.5. The average molecular weight is 351 g/mol. The zero-order valence-corrected chi connectivity index (χ0v) is 12.5. The summed E-state index contributed by atoms with van der Waals surface area (Å²) in [6.45, 7) is 1.46. The minimum absolute atomic E-state index is 0.0354. The van der Waals surface area contributed by atoms with E-state index in [1.165, 1.54) is 6.92 Å². The maximum Gasteiger partial charge on any atom is 0.343 e. The second kappa shape index (κ2) is 7.19. The smallest absolute Gasteiger partial charge is 0.343 e. The third-order valence-corrected chi connectivity index (χ3v) is 3.21. The van der Waals surface area contributed by atoms with Crippen molar-refractivity contribution in [1.82, 2.24) is 0 Å². The molecule has 0 unspecified atom stereocenters. The molecule has 0 saturated carbocycles. The van der Waals surface area contributed by atoms with Gasteiger partial charge in [0.05, 0.1) is 11.5 Å². The van der Waals surface area contributed by atoms with Crippen molar-refractivity contribution in [2.45, 2.75) is 6.92 Å². The van der Waals surface area contributed by atoms with Crippen LogP contribution in [0.4, 0.5) is 10.1 Å². The van der Waals surface area contributed by atoms with Crippen LogP contribution >= 0.6 is 23.2 Å². The molecule has 2 N–H and O–H groups in total. The molecule has 22 heavy (non-hydrogen) atoms. The highest BCUT2D eigenvalue weighted by Crippen LogP contribution is 2.39. The summed E-state index contributed by atoms with van der Waals surface area (Å²) in [5.74, 6) is -3.21. The monoisotopic (exact) mass is 350 g/mol. The summed E-state index contributed by atoms with van der Waals surface area (Å²) in [7, 11) is 0. The zero-order chi connectivity index (χ0) is 17.0. The van der Waals surface area contributed by atoms with Gasteiger partial charge in [-0.15, -0.1) is 0 Å². The van der Waals surface area contributed by atoms with E-state index in [-0.39, 0.29) is 6.61 Å². The number of carbonyl (C=O) groups excluding carboxylic acids is 1. The maximum atomic E-state index is 13.7. The number of nitrogens with one attached hydrogen (secondary N) is 1. The Morgan fingerprint density at radius 1 is 1.55 bits per heavy atom. The topological polar surface area (TPSA) is 114 Å². The van der Waals surface area contributed by atoms with Crippen LogP contribution in [0.15, 0.2) is 11.6 Å². The Balaban J connectivity index is 3.65. The van der Waals surface area contributed by atoms with Crippen molar-refractivity contribution in [3.63, 3.8) is 0 Å². The first-order valence-corrected chi connectivity index (χ1v) is 6.44. The predicted molar refractivity (Wildman–Crippen MR) is 78.0 cm³/mol. The number of aliphatic hydroxyl groups is 1. The van der Waals surface area contributed by atoms with Crippen molar-refractivity contribution in [2.75, 3.05) is 6.61 Å². The molecular formula is C12H9Cl2FN2O5. The highest BCUT2D eigenvalue weighted by Gasteiger charge is 2.28. The molecule has 0 saturated heterocycles. The Bertz CT molecular complexity index is 691. The van der Waals surface area contributed by atoms with Crippen LogP contribution in [0.25, 0.3) is 5.76 Å². The van der Waals surface area contributed by atoms with Gasteiger partial charge in [0.2, 0.25) is 0 Å². The van der Waals surface area contributed by atoms with Gasteiger partial charge in [0.15, 0.2) is 5.02 Å². The van der Waals surface area contributed by atoms with Crippen LogP contribution in [-0.2, 0) is 9.53 Å². The second-order valence-corrected chi connectivity index (χ2v) is 4.52. The van der Waals surface area contributed by atoms with Gasteiger partial charge in [-0.25, -0.2) is 9.18 Å². The molecule has 0 atom stereocenters. The van der Waals surface area contributed by atoms with Crippen LogP contribution in [0, 0.1) is 21.3 Å². The lowest BCUT2D eigenvalue weighted by Crippen LogP contribution is -2.11. The molecule has 0 bridgehead atoms. The Morgan fingerprint density at radius 3 is 2.59 bits per heavy atom. The van der Waals surface area contributed by atoms with Gasteiger partial charge < -0.3 is 15.3 Å². The Kier molecular flexibility index (Phi) is 5.84. The van der Waals surface area contributed by atoms with Gasteiger partial charge in [-0.3, -0.25) is 10.1 Å². The molecule has 0 radical (unpaired) electrons. The summed E-state index contributed by atoms with van der Waals surface area (Å²) in [6.07, 6.45) is 0.460. The summed E-state index contributed by atoms with van der Waals surface area (Å²) in [6, 6.07) is 0.621. The largest absolute Gasteiger partial charge is 0.506 e. The van der Waals surface area contributed by atoms with E-state index in [1.54, 1.807) is 0 Å². The van der Waals surface area contributed by atoms with E-state index in [4.69, 9.17) is 28.6 Å². The summed E-state index contributed by atoms with van der Waals surface area (Å²) in [4.78, 5) is 21.4. The van der Waals surface area contributed by atoms with Crippen LogP contribution in [-0.4, -0.2) is 28.8 Å². The molecule has 0 aliphatic carbocycles. The fourth-order valence-electron chi connectivity index (χ4n) is 1.50. The summed E-state index contributed by atoms with van der Waals surface area (Å²) < 4.78 is 18.3. The van der Waals surface area contributed by atoms with Crippen LogP contribution < -0.4 is 0 Å².